The van der Waals surface area contributed by atoms with Crippen molar-refractivity contribution in [2.75, 3.05) is 6.61 Å². The zero-order valence-electron chi connectivity index (χ0n) is 7.80. The van der Waals surface area contributed by atoms with Gasteiger partial charge in [0.25, 0.3) is 0 Å². The first kappa shape index (κ1) is 12.9. The van der Waals surface area contributed by atoms with Gasteiger partial charge in [-0.3, -0.25) is 0 Å². The van der Waals surface area contributed by atoms with Gasteiger partial charge in [-0.25, -0.2) is 0 Å². The van der Waals surface area contributed by atoms with Gasteiger partial charge in [0.2, 0.25) is 0 Å². The van der Waals surface area contributed by atoms with Gasteiger partial charge < -0.3 is 4.52 Å². The average molecular weight is 387 g/mol. The van der Waals surface area contributed by atoms with Crippen molar-refractivity contribution in [2.45, 2.75) is 19.3 Å². The molecule has 1 nitrogen and oxygen atoms in total. The van der Waals surface area contributed by atoms with E-state index in [9.17, 15) is 0 Å². The van der Waals surface area contributed by atoms with Gasteiger partial charge in [-0.05, 0) is 59.0 Å². The Morgan fingerprint density at radius 2 is 1.93 bits per heavy atom. The average Bonchev–Trinajstić information content (AvgIpc) is 2.21. The lowest BCUT2D eigenvalue weighted by Gasteiger charge is -2.01. The molecule has 0 radical (unpaired) electrons. The van der Waals surface area contributed by atoms with E-state index >= 15 is 0 Å². The van der Waals surface area contributed by atoms with E-state index in [0.717, 1.165) is 23.9 Å². The van der Waals surface area contributed by atoms with Crippen LogP contribution in [0.4, 0.5) is 0 Å². The van der Waals surface area contributed by atoms with Crippen LogP contribution in [0.5, 0.6) is 0 Å². The number of benzene rings is 1. The summed E-state index contributed by atoms with van der Waals surface area (Å²) in [5.41, 5.74) is 1.41. The molecule has 0 spiro atoms. The smallest absolute Gasteiger partial charge is 0.0793 e. The van der Waals surface area contributed by atoms with Crippen LogP contribution in [0.25, 0.3) is 0 Å². The standard InChI is InChI=1S/C10H13BrIOP/c11-10-6-4-9(5-7-10)3-1-2-8-13-14-12/h4-7,14H,1-3,8H2. The third kappa shape index (κ3) is 5.64. The van der Waals surface area contributed by atoms with Crippen LogP contribution in [0.2, 0.25) is 0 Å². The molecule has 1 aromatic carbocycles. The molecule has 0 aliphatic rings. The summed E-state index contributed by atoms with van der Waals surface area (Å²) in [5.74, 6) is 0. The molecule has 1 unspecified atom stereocenters. The van der Waals surface area contributed by atoms with Crippen LogP contribution in [0.15, 0.2) is 28.7 Å². The number of hydrogen-bond acceptors (Lipinski definition) is 1. The third-order valence-electron chi connectivity index (χ3n) is 1.93. The highest BCUT2D eigenvalue weighted by Gasteiger charge is 1.93. The molecule has 78 valence electrons. The van der Waals surface area contributed by atoms with Gasteiger partial charge in [0.1, 0.15) is 0 Å². The molecule has 0 amide bonds. The fourth-order valence-electron chi connectivity index (χ4n) is 1.19. The van der Waals surface area contributed by atoms with Crippen molar-refractivity contribution in [3.8, 4) is 0 Å². The summed E-state index contributed by atoms with van der Waals surface area (Å²) in [5, 5.41) is 0. The molecule has 4 heteroatoms. The SMILES string of the molecule is Brc1ccc(CCCCOPI)cc1. The van der Waals surface area contributed by atoms with Crippen molar-refractivity contribution in [2.24, 2.45) is 0 Å². The Balaban J connectivity index is 2.15. The van der Waals surface area contributed by atoms with Crippen LogP contribution in [0, 0.1) is 0 Å². The van der Waals surface area contributed by atoms with Crippen molar-refractivity contribution in [3.05, 3.63) is 34.3 Å². The first-order valence-electron chi connectivity index (χ1n) is 4.55. The second-order valence-electron chi connectivity index (χ2n) is 3.01. The Kier molecular flexibility index (Phi) is 7.39. The molecule has 0 aromatic heterocycles. The second kappa shape index (κ2) is 8.03. The molecule has 0 bridgehead atoms. The van der Waals surface area contributed by atoms with Gasteiger partial charge in [0.05, 0.1) is 13.1 Å². The number of aryl methyl sites for hydroxylation is 1. The van der Waals surface area contributed by atoms with Crippen LogP contribution < -0.4 is 0 Å². The van der Waals surface area contributed by atoms with Gasteiger partial charge >= 0.3 is 0 Å². The predicted octanol–water partition coefficient (Wildman–Crippen LogP) is 4.73. The predicted molar refractivity (Wildman–Crippen MR) is 75.4 cm³/mol. The minimum Gasteiger partial charge on any atom is -0.352 e. The largest absolute Gasteiger partial charge is 0.352 e. The molecule has 0 saturated carbocycles. The lowest BCUT2D eigenvalue weighted by atomic mass is 10.1. The second-order valence-corrected chi connectivity index (χ2v) is 5.69. The summed E-state index contributed by atoms with van der Waals surface area (Å²) in [6, 6.07) is 8.53. The van der Waals surface area contributed by atoms with E-state index in [1.54, 1.807) is 0 Å². The summed E-state index contributed by atoms with van der Waals surface area (Å²) in [4.78, 5) is 0. The minimum absolute atomic E-state index is 0.598. The van der Waals surface area contributed by atoms with E-state index in [1.807, 2.05) is 0 Å². The van der Waals surface area contributed by atoms with Crippen LogP contribution in [-0.4, -0.2) is 6.61 Å². The molecule has 14 heavy (non-hydrogen) atoms. The topological polar surface area (TPSA) is 9.23 Å². The number of rotatable bonds is 6. The fourth-order valence-corrected chi connectivity index (χ4v) is 2.34. The maximum absolute atomic E-state index is 5.30. The van der Waals surface area contributed by atoms with Crippen LogP contribution in [-0.2, 0) is 10.9 Å². The van der Waals surface area contributed by atoms with Crippen molar-refractivity contribution in [1.29, 1.82) is 0 Å². The minimum atomic E-state index is 0.598. The number of hydrogen-bond donors (Lipinski definition) is 0. The third-order valence-corrected chi connectivity index (χ3v) is 3.71. The van der Waals surface area contributed by atoms with Crippen LogP contribution >= 0.6 is 44.4 Å². The maximum Gasteiger partial charge on any atom is 0.0793 e. The highest BCUT2D eigenvalue weighted by Crippen LogP contribution is 2.22. The summed E-state index contributed by atoms with van der Waals surface area (Å²) in [6.07, 6.45) is 3.52. The van der Waals surface area contributed by atoms with Gasteiger partial charge in [0, 0.05) is 4.47 Å². The molecule has 1 aromatic rings. The first-order chi connectivity index (χ1) is 6.83. The number of halogens is 2. The van der Waals surface area contributed by atoms with E-state index in [0.29, 0.717) is 6.45 Å². The van der Waals surface area contributed by atoms with Crippen molar-refractivity contribution < 1.29 is 4.52 Å². The first-order valence-corrected chi connectivity index (χ1v) is 9.36. The molecular weight excluding hydrogens is 374 g/mol. The van der Waals surface area contributed by atoms with Gasteiger partial charge in [-0.1, -0.05) is 28.1 Å². The Labute approximate surface area is 108 Å². The highest BCUT2D eigenvalue weighted by atomic mass is 127. The fraction of sp³-hybridized carbons (Fsp3) is 0.400. The molecule has 1 rings (SSSR count). The zero-order valence-corrected chi connectivity index (χ0v) is 12.5. The molecule has 1 atom stereocenters. The summed E-state index contributed by atoms with van der Waals surface area (Å²) in [6.45, 7) is 1.50. The Morgan fingerprint density at radius 1 is 1.21 bits per heavy atom. The van der Waals surface area contributed by atoms with E-state index < -0.39 is 0 Å². The number of unbranched alkanes of at least 4 members (excludes halogenated alkanes) is 1. The normalized spacial score (nSPS) is 11.3. The van der Waals surface area contributed by atoms with Gasteiger partial charge in [-0.15, -0.1) is 0 Å². The summed E-state index contributed by atoms with van der Waals surface area (Å²) in [7, 11) is 0. The van der Waals surface area contributed by atoms with E-state index in [1.165, 1.54) is 12.0 Å². The van der Waals surface area contributed by atoms with E-state index in [4.69, 9.17) is 4.52 Å². The van der Waals surface area contributed by atoms with Crippen molar-refractivity contribution >= 4 is 44.4 Å². The van der Waals surface area contributed by atoms with E-state index in [2.05, 4.69) is 62.2 Å². The molecule has 0 N–H and O–H groups in total. The summed E-state index contributed by atoms with van der Waals surface area (Å²) < 4.78 is 6.45. The quantitative estimate of drug-likeness (QED) is 0.390. The molecule has 0 heterocycles. The van der Waals surface area contributed by atoms with Crippen LogP contribution in [0.1, 0.15) is 18.4 Å². The Morgan fingerprint density at radius 3 is 2.57 bits per heavy atom. The molecular formula is C10H13BrIOP. The maximum atomic E-state index is 5.30. The Bertz CT molecular complexity index is 253. The van der Waals surface area contributed by atoms with Crippen molar-refractivity contribution in [3.63, 3.8) is 0 Å². The molecule has 0 aliphatic carbocycles. The van der Waals surface area contributed by atoms with Crippen LogP contribution in [0.3, 0.4) is 0 Å². The molecule has 0 aliphatic heterocycles. The summed E-state index contributed by atoms with van der Waals surface area (Å²) >= 11 is 5.68. The zero-order chi connectivity index (χ0) is 10.2. The van der Waals surface area contributed by atoms with Crippen molar-refractivity contribution in [1.82, 2.24) is 0 Å². The van der Waals surface area contributed by atoms with E-state index in [-0.39, 0.29) is 0 Å². The molecule has 0 saturated heterocycles. The molecule has 0 fully saturated rings. The van der Waals surface area contributed by atoms with Gasteiger partial charge in [0.15, 0.2) is 0 Å². The van der Waals surface area contributed by atoms with Gasteiger partial charge in [-0.2, -0.15) is 0 Å². The lowest BCUT2D eigenvalue weighted by molar-refractivity contribution is 0.356. The monoisotopic (exact) mass is 386 g/mol. The lowest BCUT2D eigenvalue weighted by Crippen LogP contribution is -1.89. The highest BCUT2D eigenvalue weighted by molar-refractivity contribution is 14.2. The Hall–Kier alpha value is 0.820.